The highest BCUT2D eigenvalue weighted by molar-refractivity contribution is 5.97. The Kier molecular flexibility index (Phi) is 2.34. The van der Waals surface area contributed by atoms with Crippen molar-refractivity contribution in [3.63, 3.8) is 0 Å². The third-order valence-electron chi connectivity index (χ3n) is 2.92. The standard InChI is InChI=1S/C12H12N2O2/c1-6-3-8-4-9(12(15)16)10(5-13)14-11(8)7(6)2/h4-6,13H,2-3H2,1H3,(H,15,16). The normalized spacial score (nSPS) is 18.3. The predicted molar refractivity (Wildman–Crippen MR) is 61.0 cm³/mol. The molecule has 1 heterocycles. The number of nitrogens with zero attached hydrogens (tertiary/aromatic N) is 1. The summed E-state index contributed by atoms with van der Waals surface area (Å²) in [5.41, 5.74) is 2.89. The van der Waals surface area contributed by atoms with Crippen LogP contribution in [-0.4, -0.2) is 22.3 Å². The van der Waals surface area contributed by atoms with Crippen molar-refractivity contribution in [1.29, 1.82) is 5.41 Å². The summed E-state index contributed by atoms with van der Waals surface area (Å²) in [6.07, 6.45) is 1.75. The van der Waals surface area contributed by atoms with Gasteiger partial charge in [-0.15, -0.1) is 0 Å². The van der Waals surface area contributed by atoms with Gasteiger partial charge in [-0.25, -0.2) is 9.78 Å². The molecule has 2 N–H and O–H groups in total. The number of carboxylic acids is 1. The number of pyridine rings is 1. The number of carbonyl (C=O) groups is 1. The molecule has 0 aliphatic heterocycles. The summed E-state index contributed by atoms with van der Waals surface area (Å²) in [4.78, 5) is 15.2. The fourth-order valence-electron chi connectivity index (χ4n) is 1.97. The molecular formula is C12H12N2O2. The van der Waals surface area contributed by atoms with Gasteiger partial charge in [0, 0.05) is 6.21 Å². The van der Waals surface area contributed by atoms with Gasteiger partial charge in [0.2, 0.25) is 0 Å². The third kappa shape index (κ3) is 1.43. The highest BCUT2D eigenvalue weighted by Crippen LogP contribution is 2.34. The van der Waals surface area contributed by atoms with Gasteiger partial charge in [-0.05, 0) is 29.5 Å². The van der Waals surface area contributed by atoms with Gasteiger partial charge >= 0.3 is 5.97 Å². The zero-order valence-corrected chi connectivity index (χ0v) is 8.95. The molecule has 16 heavy (non-hydrogen) atoms. The van der Waals surface area contributed by atoms with Crippen LogP contribution in [0.15, 0.2) is 12.6 Å². The van der Waals surface area contributed by atoms with E-state index in [1.54, 1.807) is 6.07 Å². The summed E-state index contributed by atoms with van der Waals surface area (Å²) >= 11 is 0. The molecule has 1 aliphatic carbocycles. The third-order valence-corrected chi connectivity index (χ3v) is 2.92. The average Bonchev–Trinajstić information content (AvgIpc) is 2.53. The smallest absolute Gasteiger partial charge is 0.337 e. The van der Waals surface area contributed by atoms with Gasteiger partial charge < -0.3 is 10.5 Å². The van der Waals surface area contributed by atoms with Crippen LogP contribution in [0.4, 0.5) is 0 Å². The van der Waals surface area contributed by atoms with Gasteiger partial charge in [0.1, 0.15) is 0 Å². The minimum absolute atomic E-state index is 0.0932. The van der Waals surface area contributed by atoms with Crippen LogP contribution in [0, 0.1) is 11.3 Å². The molecule has 0 spiro atoms. The zero-order valence-electron chi connectivity index (χ0n) is 8.95. The number of rotatable bonds is 2. The Morgan fingerprint density at radius 2 is 2.44 bits per heavy atom. The van der Waals surface area contributed by atoms with E-state index in [0.29, 0.717) is 5.92 Å². The van der Waals surface area contributed by atoms with E-state index in [1.165, 1.54) is 0 Å². The van der Waals surface area contributed by atoms with E-state index in [2.05, 4.69) is 11.6 Å². The number of aromatic carboxylic acids is 1. The molecule has 4 nitrogen and oxygen atoms in total. The molecule has 1 unspecified atom stereocenters. The number of aromatic nitrogens is 1. The molecule has 4 heteroatoms. The van der Waals surface area contributed by atoms with Gasteiger partial charge in [0.25, 0.3) is 0 Å². The second-order valence-electron chi connectivity index (χ2n) is 4.01. The Morgan fingerprint density at radius 1 is 1.75 bits per heavy atom. The molecule has 82 valence electrons. The van der Waals surface area contributed by atoms with Gasteiger partial charge in [0.05, 0.1) is 17.0 Å². The monoisotopic (exact) mass is 216 g/mol. The van der Waals surface area contributed by atoms with Crippen molar-refractivity contribution in [3.05, 3.63) is 35.2 Å². The molecule has 0 amide bonds. The molecular weight excluding hydrogens is 204 g/mol. The van der Waals surface area contributed by atoms with E-state index < -0.39 is 5.97 Å². The Morgan fingerprint density at radius 3 is 3.00 bits per heavy atom. The lowest BCUT2D eigenvalue weighted by Crippen LogP contribution is -2.06. The van der Waals surface area contributed by atoms with Crippen molar-refractivity contribution in [1.82, 2.24) is 4.98 Å². The van der Waals surface area contributed by atoms with Crippen LogP contribution < -0.4 is 0 Å². The first-order valence-electron chi connectivity index (χ1n) is 5.01. The van der Waals surface area contributed by atoms with Crippen LogP contribution >= 0.6 is 0 Å². The number of fused-ring (bicyclic) bond motifs is 1. The molecule has 1 aromatic heterocycles. The number of carboxylic acid groups (broad SMARTS) is 1. The average molecular weight is 216 g/mol. The van der Waals surface area contributed by atoms with Crippen LogP contribution in [0.5, 0.6) is 0 Å². The summed E-state index contributed by atoms with van der Waals surface area (Å²) in [5, 5.41) is 16.2. The number of nitrogens with one attached hydrogen (secondary N) is 1. The van der Waals surface area contributed by atoms with E-state index in [4.69, 9.17) is 10.5 Å². The number of hydrogen-bond donors (Lipinski definition) is 2. The topological polar surface area (TPSA) is 74.0 Å². The summed E-state index contributed by atoms with van der Waals surface area (Å²) in [7, 11) is 0. The maximum absolute atomic E-state index is 11.0. The molecule has 2 rings (SSSR count). The largest absolute Gasteiger partial charge is 0.478 e. The maximum atomic E-state index is 11.0. The lowest BCUT2D eigenvalue weighted by molar-refractivity contribution is 0.0696. The van der Waals surface area contributed by atoms with Gasteiger partial charge in [0.15, 0.2) is 0 Å². The molecule has 0 saturated carbocycles. The molecule has 1 aromatic rings. The quantitative estimate of drug-likeness (QED) is 0.742. The van der Waals surface area contributed by atoms with E-state index in [9.17, 15) is 4.79 Å². The van der Waals surface area contributed by atoms with Crippen molar-refractivity contribution < 1.29 is 9.90 Å². The molecule has 0 bridgehead atoms. The van der Waals surface area contributed by atoms with Crippen LogP contribution in [0.2, 0.25) is 0 Å². The van der Waals surface area contributed by atoms with Crippen molar-refractivity contribution in [2.45, 2.75) is 13.3 Å². The molecule has 1 atom stereocenters. The number of allylic oxidation sites excluding steroid dienone is 1. The van der Waals surface area contributed by atoms with E-state index in [0.717, 1.165) is 29.5 Å². The van der Waals surface area contributed by atoms with Gasteiger partial charge in [-0.1, -0.05) is 13.5 Å². The van der Waals surface area contributed by atoms with Crippen LogP contribution in [0.1, 0.15) is 34.2 Å². The molecule has 1 aliphatic rings. The van der Waals surface area contributed by atoms with Crippen molar-refractivity contribution in [2.75, 3.05) is 0 Å². The minimum atomic E-state index is -1.04. The predicted octanol–water partition coefficient (Wildman–Crippen LogP) is 1.98. The molecule has 0 saturated heterocycles. The lowest BCUT2D eigenvalue weighted by atomic mass is 10.1. The second-order valence-corrected chi connectivity index (χ2v) is 4.01. The lowest BCUT2D eigenvalue weighted by Gasteiger charge is -2.04. The van der Waals surface area contributed by atoms with Crippen molar-refractivity contribution in [2.24, 2.45) is 5.92 Å². The highest BCUT2D eigenvalue weighted by Gasteiger charge is 2.26. The first kappa shape index (κ1) is 10.5. The number of hydrogen-bond acceptors (Lipinski definition) is 3. The van der Waals surface area contributed by atoms with Gasteiger partial charge in [-0.3, -0.25) is 0 Å². The maximum Gasteiger partial charge on any atom is 0.337 e. The summed E-state index contributed by atoms with van der Waals surface area (Å²) in [5.74, 6) is -0.746. The van der Waals surface area contributed by atoms with E-state index in [-0.39, 0.29) is 11.3 Å². The van der Waals surface area contributed by atoms with Crippen LogP contribution in [-0.2, 0) is 6.42 Å². The minimum Gasteiger partial charge on any atom is -0.478 e. The molecule has 0 radical (unpaired) electrons. The molecule has 0 aromatic carbocycles. The fraction of sp³-hybridized carbons (Fsp3) is 0.250. The van der Waals surface area contributed by atoms with E-state index in [1.807, 2.05) is 6.92 Å². The van der Waals surface area contributed by atoms with Gasteiger partial charge in [-0.2, -0.15) is 0 Å². The Labute approximate surface area is 93.2 Å². The Balaban J connectivity index is 2.64. The second kappa shape index (κ2) is 3.56. The summed E-state index contributed by atoms with van der Waals surface area (Å²) < 4.78 is 0. The summed E-state index contributed by atoms with van der Waals surface area (Å²) in [6.45, 7) is 5.98. The SMILES string of the molecule is C=C1c2nc(C=N)c(C(=O)O)cc2CC1C. The fourth-order valence-corrected chi connectivity index (χ4v) is 1.97. The van der Waals surface area contributed by atoms with Crippen LogP contribution in [0.3, 0.4) is 0 Å². The van der Waals surface area contributed by atoms with E-state index >= 15 is 0 Å². The Hall–Kier alpha value is -1.97. The summed E-state index contributed by atoms with van der Waals surface area (Å²) in [6, 6.07) is 1.61. The highest BCUT2D eigenvalue weighted by atomic mass is 16.4. The first-order valence-corrected chi connectivity index (χ1v) is 5.01. The van der Waals surface area contributed by atoms with Crippen LogP contribution in [0.25, 0.3) is 5.57 Å². The zero-order chi connectivity index (χ0) is 11.9. The van der Waals surface area contributed by atoms with Crippen molar-refractivity contribution >= 4 is 17.8 Å². The molecule has 0 fully saturated rings. The Bertz CT molecular complexity index is 506. The van der Waals surface area contributed by atoms with Crippen molar-refractivity contribution in [3.8, 4) is 0 Å². The first-order chi connectivity index (χ1) is 7.54.